The van der Waals surface area contributed by atoms with Crippen LogP contribution in [-0.2, 0) is 6.54 Å². The van der Waals surface area contributed by atoms with Crippen LogP contribution in [-0.4, -0.2) is 4.98 Å². The van der Waals surface area contributed by atoms with Crippen LogP contribution in [0.15, 0.2) is 34.9 Å². The lowest BCUT2D eigenvalue weighted by Crippen LogP contribution is -2.03. The fraction of sp³-hybridized carbons (Fsp3) is 0.214. The van der Waals surface area contributed by atoms with Crippen LogP contribution in [0.2, 0.25) is 0 Å². The minimum absolute atomic E-state index is 0.197. The van der Waals surface area contributed by atoms with Crippen LogP contribution in [0.3, 0.4) is 0 Å². The molecule has 0 atom stereocenters. The largest absolute Gasteiger partial charge is 0.379 e. The molecule has 1 N–H and O–H groups in total. The third-order valence-corrected chi connectivity index (χ3v) is 3.27. The summed E-state index contributed by atoms with van der Waals surface area (Å²) >= 11 is 3.33. The number of benzene rings is 1. The standard InChI is InChI=1S/C14H14BrFN2/c1-9-7-12(16)4-3-11(9)8-17-13-5-6-14(15)18-10(13)2/h3-7,17H,8H2,1-2H3. The van der Waals surface area contributed by atoms with E-state index in [1.54, 1.807) is 12.1 Å². The Labute approximate surface area is 114 Å². The smallest absolute Gasteiger partial charge is 0.123 e. The van der Waals surface area contributed by atoms with Gasteiger partial charge in [-0.1, -0.05) is 6.07 Å². The van der Waals surface area contributed by atoms with Gasteiger partial charge in [-0.15, -0.1) is 0 Å². The predicted octanol–water partition coefficient (Wildman–Crippen LogP) is 4.21. The molecule has 0 fully saturated rings. The zero-order chi connectivity index (χ0) is 13.1. The number of rotatable bonds is 3. The highest BCUT2D eigenvalue weighted by molar-refractivity contribution is 9.10. The van der Waals surface area contributed by atoms with Gasteiger partial charge in [0.25, 0.3) is 0 Å². The van der Waals surface area contributed by atoms with Crippen molar-refractivity contribution in [3.05, 3.63) is 57.6 Å². The monoisotopic (exact) mass is 308 g/mol. The van der Waals surface area contributed by atoms with E-state index in [0.717, 1.165) is 27.1 Å². The Morgan fingerprint density at radius 2 is 2.00 bits per heavy atom. The average molecular weight is 309 g/mol. The van der Waals surface area contributed by atoms with Gasteiger partial charge >= 0.3 is 0 Å². The number of halogens is 2. The number of pyridine rings is 1. The molecule has 0 spiro atoms. The summed E-state index contributed by atoms with van der Waals surface area (Å²) in [5.74, 6) is -0.197. The van der Waals surface area contributed by atoms with E-state index in [2.05, 4.69) is 26.2 Å². The van der Waals surface area contributed by atoms with Gasteiger partial charge in [0.05, 0.1) is 11.4 Å². The third kappa shape index (κ3) is 3.07. The van der Waals surface area contributed by atoms with Crippen LogP contribution in [0.5, 0.6) is 0 Å². The number of nitrogens with zero attached hydrogens (tertiary/aromatic N) is 1. The minimum Gasteiger partial charge on any atom is -0.379 e. The van der Waals surface area contributed by atoms with E-state index in [-0.39, 0.29) is 5.82 Å². The van der Waals surface area contributed by atoms with Crippen molar-refractivity contribution in [3.8, 4) is 0 Å². The second-order valence-corrected chi connectivity index (χ2v) is 5.00. The first-order chi connectivity index (χ1) is 8.56. The van der Waals surface area contributed by atoms with E-state index in [4.69, 9.17) is 0 Å². The van der Waals surface area contributed by atoms with Crippen LogP contribution in [0.4, 0.5) is 10.1 Å². The molecule has 0 saturated carbocycles. The molecule has 1 aromatic carbocycles. The first kappa shape index (κ1) is 13.0. The molecule has 0 radical (unpaired) electrons. The molecule has 2 rings (SSSR count). The molecule has 0 saturated heterocycles. The zero-order valence-electron chi connectivity index (χ0n) is 10.3. The molecule has 0 unspecified atom stereocenters. The van der Waals surface area contributed by atoms with Crippen molar-refractivity contribution in [2.45, 2.75) is 20.4 Å². The highest BCUT2D eigenvalue weighted by Crippen LogP contribution is 2.18. The molecular weight excluding hydrogens is 295 g/mol. The van der Waals surface area contributed by atoms with E-state index in [1.807, 2.05) is 26.0 Å². The minimum atomic E-state index is -0.197. The molecule has 1 aromatic heterocycles. The fourth-order valence-corrected chi connectivity index (χ4v) is 2.16. The molecule has 2 nitrogen and oxygen atoms in total. The normalized spacial score (nSPS) is 10.4. The fourth-order valence-electron chi connectivity index (χ4n) is 1.77. The molecule has 18 heavy (non-hydrogen) atoms. The van der Waals surface area contributed by atoms with E-state index >= 15 is 0 Å². The van der Waals surface area contributed by atoms with Crippen molar-refractivity contribution in [2.24, 2.45) is 0 Å². The molecule has 0 bridgehead atoms. The summed E-state index contributed by atoms with van der Waals surface area (Å²) < 4.78 is 13.8. The Kier molecular flexibility index (Phi) is 3.97. The summed E-state index contributed by atoms with van der Waals surface area (Å²) in [7, 11) is 0. The summed E-state index contributed by atoms with van der Waals surface area (Å²) in [6, 6.07) is 8.71. The van der Waals surface area contributed by atoms with Crippen molar-refractivity contribution >= 4 is 21.6 Å². The van der Waals surface area contributed by atoms with Gasteiger partial charge in [-0.25, -0.2) is 9.37 Å². The Hall–Kier alpha value is -1.42. The summed E-state index contributed by atoms with van der Waals surface area (Å²) in [5, 5.41) is 3.31. The van der Waals surface area contributed by atoms with Crippen molar-refractivity contribution < 1.29 is 4.39 Å². The SMILES string of the molecule is Cc1cc(F)ccc1CNc1ccc(Br)nc1C. The number of hydrogen-bond acceptors (Lipinski definition) is 2. The molecule has 4 heteroatoms. The van der Waals surface area contributed by atoms with Gasteiger partial charge in [0.1, 0.15) is 10.4 Å². The second kappa shape index (κ2) is 5.48. The summed E-state index contributed by atoms with van der Waals surface area (Å²) in [6.07, 6.45) is 0. The average Bonchev–Trinajstić information content (AvgIpc) is 2.30. The molecule has 0 aliphatic rings. The van der Waals surface area contributed by atoms with Gasteiger partial charge in [0.15, 0.2) is 0 Å². The second-order valence-electron chi connectivity index (χ2n) is 4.19. The van der Waals surface area contributed by atoms with Crippen LogP contribution >= 0.6 is 15.9 Å². The maximum Gasteiger partial charge on any atom is 0.123 e. The van der Waals surface area contributed by atoms with Gasteiger partial charge < -0.3 is 5.32 Å². The van der Waals surface area contributed by atoms with Crippen LogP contribution < -0.4 is 5.32 Å². The first-order valence-electron chi connectivity index (χ1n) is 5.68. The number of anilines is 1. The quantitative estimate of drug-likeness (QED) is 0.859. The highest BCUT2D eigenvalue weighted by Gasteiger charge is 2.03. The van der Waals surface area contributed by atoms with Gasteiger partial charge in [-0.3, -0.25) is 0 Å². The summed E-state index contributed by atoms with van der Waals surface area (Å²) in [6.45, 7) is 4.52. The van der Waals surface area contributed by atoms with E-state index in [9.17, 15) is 4.39 Å². The number of nitrogens with one attached hydrogen (secondary N) is 1. The molecule has 2 aromatic rings. The van der Waals surface area contributed by atoms with Crippen LogP contribution in [0, 0.1) is 19.7 Å². The Bertz CT molecular complexity index is 518. The summed E-state index contributed by atoms with van der Waals surface area (Å²) in [4.78, 5) is 4.32. The number of aromatic nitrogens is 1. The van der Waals surface area contributed by atoms with Gasteiger partial charge in [0, 0.05) is 6.54 Å². The number of aryl methyl sites for hydroxylation is 2. The molecule has 1 heterocycles. The van der Waals surface area contributed by atoms with Crippen molar-refractivity contribution in [2.75, 3.05) is 5.32 Å². The molecule has 94 valence electrons. The molecule has 0 aliphatic carbocycles. The predicted molar refractivity (Wildman–Crippen MR) is 75.1 cm³/mol. The van der Waals surface area contributed by atoms with E-state index in [0.29, 0.717) is 6.54 Å². The topological polar surface area (TPSA) is 24.9 Å². The van der Waals surface area contributed by atoms with Gasteiger partial charge in [-0.05, 0) is 65.2 Å². The summed E-state index contributed by atoms with van der Waals surface area (Å²) in [5.41, 5.74) is 3.95. The zero-order valence-corrected chi connectivity index (χ0v) is 11.9. The van der Waals surface area contributed by atoms with Crippen LogP contribution in [0.1, 0.15) is 16.8 Å². The van der Waals surface area contributed by atoms with Crippen molar-refractivity contribution in [3.63, 3.8) is 0 Å². The Morgan fingerprint density at radius 3 is 2.67 bits per heavy atom. The maximum atomic E-state index is 13.0. The molecule has 0 aliphatic heterocycles. The molecular formula is C14H14BrFN2. The highest BCUT2D eigenvalue weighted by atomic mass is 79.9. The maximum absolute atomic E-state index is 13.0. The van der Waals surface area contributed by atoms with Gasteiger partial charge in [-0.2, -0.15) is 0 Å². The number of hydrogen-bond donors (Lipinski definition) is 1. The third-order valence-electron chi connectivity index (χ3n) is 2.83. The van der Waals surface area contributed by atoms with Crippen molar-refractivity contribution in [1.82, 2.24) is 4.98 Å². The first-order valence-corrected chi connectivity index (χ1v) is 6.47. The van der Waals surface area contributed by atoms with E-state index < -0.39 is 0 Å². The Morgan fingerprint density at radius 1 is 1.22 bits per heavy atom. The van der Waals surface area contributed by atoms with Crippen LogP contribution in [0.25, 0.3) is 0 Å². The lowest BCUT2D eigenvalue weighted by atomic mass is 10.1. The van der Waals surface area contributed by atoms with Crippen molar-refractivity contribution in [1.29, 1.82) is 0 Å². The lowest BCUT2D eigenvalue weighted by Gasteiger charge is -2.11. The van der Waals surface area contributed by atoms with Gasteiger partial charge in [0.2, 0.25) is 0 Å². The van der Waals surface area contributed by atoms with E-state index in [1.165, 1.54) is 6.07 Å². The Balaban J connectivity index is 2.11. The molecule has 0 amide bonds. The lowest BCUT2D eigenvalue weighted by molar-refractivity contribution is 0.625.